The third-order valence-electron chi connectivity index (χ3n) is 8.86. The van der Waals surface area contributed by atoms with Crippen LogP contribution in [-0.2, 0) is 20.7 Å². The van der Waals surface area contributed by atoms with Crippen molar-refractivity contribution in [1.29, 1.82) is 5.41 Å². The van der Waals surface area contributed by atoms with Crippen LogP contribution < -0.4 is 9.47 Å². The summed E-state index contributed by atoms with van der Waals surface area (Å²) in [6.45, 7) is 8.35. The number of hydrogen-bond donors (Lipinski definition) is 1. The molecule has 2 fully saturated rings. The van der Waals surface area contributed by atoms with Crippen molar-refractivity contribution < 1.29 is 41.3 Å². The lowest BCUT2D eigenvalue weighted by atomic mass is 9.94. The summed E-state index contributed by atoms with van der Waals surface area (Å²) in [5, 5.41) is 9.12. The van der Waals surface area contributed by atoms with Gasteiger partial charge in [0.1, 0.15) is 28.5 Å². The van der Waals surface area contributed by atoms with E-state index in [0.717, 1.165) is 50.7 Å². The summed E-state index contributed by atoms with van der Waals surface area (Å²) in [6.07, 6.45) is -0.505. The monoisotopic (exact) mass is 665 g/mol. The average Bonchev–Trinajstić information content (AvgIpc) is 3.90. The fourth-order valence-electron chi connectivity index (χ4n) is 5.89. The predicted octanol–water partition coefficient (Wildman–Crippen LogP) is 6.98. The van der Waals surface area contributed by atoms with Crippen LogP contribution in [0.15, 0.2) is 78.4 Å². The first-order valence-corrected chi connectivity index (χ1v) is 15.7. The Labute approximate surface area is 275 Å². The highest BCUT2D eigenvalue weighted by molar-refractivity contribution is 6.46. The standard InChI is InChI=1S/C36H35F4N3O5/c1-22-14-26(19-33(48-22)35(6-7-35)36(38,39)40)34(41)30(44)17-24-5-4-23(16-28(24)37)27-15-25-18-31(45-2)32(20-29(25)42-21-27)47-11-3-8-43-9-12-46-13-10-43/h4-5,14-16,18-21,41H,1,3,6-13,17H2,2H3. The molecule has 0 unspecified atom stereocenters. The first kappa shape index (κ1) is 33.4. The maximum Gasteiger partial charge on any atom is 0.401 e. The molecule has 252 valence electrons. The van der Waals surface area contributed by atoms with E-state index < -0.39 is 35.3 Å². The number of ketones is 1. The van der Waals surface area contributed by atoms with E-state index >= 15 is 4.39 Å². The smallest absolute Gasteiger partial charge is 0.401 e. The SMILES string of the molecule is C=C1C=C(C(=N)C(=O)Cc2ccc(-c3cnc4cc(OCCCN5CCOCC5)c(OC)cc4c3)cc2F)C=C(C2(C(F)(F)F)CC2)O1. The minimum atomic E-state index is -4.54. The quantitative estimate of drug-likeness (QED) is 0.127. The molecule has 0 amide bonds. The molecule has 12 heteroatoms. The lowest BCUT2D eigenvalue weighted by Gasteiger charge is -2.26. The highest BCUT2D eigenvalue weighted by atomic mass is 19.4. The molecule has 0 atom stereocenters. The molecule has 3 aliphatic rings. The van der Waals surface area contributed by atoms with Gasteiger partial charge in [-0.25, -0.2) is 4.39 Å². The van der Waals surface area contributed by atoms with Gasteiger partial charge in [0, 0.05) is 54.8 Å². The van der Waals surface area contributed by atoms with Gasteiger partial charge < -0.3 is 18.9 Å². The number of rotatable bonds is 12. The molecule has 6 rings (SSSR count). The van der Waals surface area contributed by atoms with Crippen LogP contribution in [0.3, 0.4) is 0 Å². The minimum absolute atomic E-state index is 0.0453. The van der Waals surface area contributed by atoms with Crippen LogP contribution in [0, 0.1) is 16.6 Å². The number of halogens is 4. The number of carbonyl (C=O) groups excluding carboxylic acids is 1. The first-order valence-electron chi connectivity index (χ1n) is 15.7. The molecular formula is C36H35F4N3O5. The van der Waals surface area contributed by atoms with E-state index in [0.29, 0.717) is 34.7 Å². The summed E-state index contributed by atoms with van der Waals surface area (Å²) < 4.78 is 78.5. The van der Waals surface area contributed by atoms with E-state index in [9.17, 15) is 18.0 Å². The van der Waals surface area contributed by atoms with Gasteiger partial charge >= 0.3 is 6.18 Å². The summed E-state index contributed by atoms with van der Waals surface area (Å²) in [5.74, 6) is -0.771. The predicted molar refractivity (Wildman–Crippen MR) is 172 cm³/mol. The number of ether oxygens (including phenoxy) is 4. The number of alkyl halides is 3. The number of morpholine rings is 1. The van der Waals surface area contributed by atoms with E-state index in [1.807, 2.05) is 18.2 Å². The zero-order valence-corrected chi connectivity index (χ0v) is 26.4. The summed E-state index contributed by atoms with van der Waals surface area (Å²) in [7, 11) is 1.56. The number of nitrogens with one attached hydrogen (secondary N) is 1. The highest BCUT2D eigenvalue weighted by Gasteiger charge is 2.67. The third-order valence-corrected chi connectivity index (χ3v) is 8.86. The molecule has 1 N–H and O–H groups in total. The second kappa shape index (κ2) is 13.5. The number of nitrogens with zero attached hydrogens (tertiary/aromatic N) is 2. The minimum Gasteiger partial charge on any atom is -0.493 e. The number of carbonyl (C=O) groups is 1. The Bertz CT molecular complexity index is 1820. The zero-order chi connectivity index (χ0) is 34.1. The van der Waals surface area contributed by atoms with Gasteiger partial charge in [-0.3, -0.25) is 20.1 Å². The third kappa shape index (κ3) is 7.00. The number of benzene rings is 2. The number of Topliss-reactive ketones (excluding diaryl/α,β-unsaturated/α-hetero) is 1. The summed E-state index contributed by atoms with van der Waals surface area (Å²) in [4.78, 5) is 19.9. The van der Waals surface area contributed by atoms with Gasteiger partial charge in [-0.1, -0.05) is 18.7 Å². The van der Waals surface area contributed by atoms with Gasteiger partial charge in [-0.2, -0.15) is 13.2 Å². The van der Waals surface area contributed by atoms with Crippen LogP contribution in [-0.4, -0.2) is 74.1 Å². The molecule has 2 aromatic carbocycles. The van der Waals surface area contributed by atoms with E-state index in [1.165, 1.54) is 18.2 Å². The van der Waals surface area contributed by atoms with Crippen LogP contribution in [0.4, 0.5) is 17.6 Å². The number of hydrogen-bond acceptors (Lipinski definition) is 8. The Morgan fingerprint density at radius 2 is 1.85 bits per heavy atom. The van der Waals surface area contributed by atoms with Gasteiger partial charge in [0.05, 0.1) is 32.4 Å². The molecule has 0 spiro atoms. The van der Waals surface area contributed by atoms with Crippen molar-refractivity contribution in [1.82, 2.24) is 9.88 Å². The van der Waals surface area contributed by atoms with Crippen molar-refractivity contribution in [3.05, 3.63) is 89.8 Å². The van der Waals surface area contributed by atoms with Crippen molar-refractivity contribution >= 4 is 22.4 Å². The van der Waals surface area contributed by atoms with Gasteiger partial charge in [-0.05, 0) is 60.7 Å². The lowest BCUT2D eigenvalue weighted by molar-refractivity contribution is -0.183. The number of pyridine rings is 1. The molecule has 1 saturated carbocycles. The van der Waals surface area contributed by atoms with Crippen LogP contribution in [0.1, 0.15) is 24.8 Å². The Hall–Kier alpha value is -4.55. The second-order valence-electron chi connectivity index (χ2n) is 12.1. The lowest BCUT2D eigenvalue weighted by Crippen LogP contribution is -2.37. The van der Waals surface area contributed by atoms with Gasteiger partial charge in [0.15, 0.2) is 17.3 Å². The molecule has 1 aliphatic carbocycles. The van der Waals surface area contributed by atoms with Crippen molar-refractivity contribution in [2.45, 2.75) is 31.9 Å². The molecule has 0 bridgehead atoms. The Balaban J connectivity index is 1.12. The van der Waals surface area contributed by atoms with Gasteiger partial charge in [0.25, 0.3) is 0 Å². The second-order valence-corrected chi connectivity index (χ2v) is 12.1. The molecule has 3 aromatic rings. The molecule has 3 heterocycles. The fraction of sp³-hybridized carbons (Fsp3) is 0.361. The van der Waals surface area contributed by atoms with Gasteiger partial charge in [0.2, 0.25) is 0 Å². The molecule has 2 aliphatic heterocycles. The summed E-state index contributed by atoms with van der Waals surface area (Å²) in [5.41, 5.74) is -0.866. The van der Waals surface area contributed by atoms with Crippen LogP contribution >= 0.6 is 0 Å². The van der Waals surface area contributed by atoms with Crippen molar-refractivity contribution in [2.75, 3.05) is 46.6 Å². The first-order chi connectivity index (χ1) is 23.0. The van der Waals surface area contributed by atoms with Crippen LogP contribution in [0.2, 0.25) is 0 Å². The fourth-order valence-corrected chi connectivity index (χ4v) is 5.89. The Morgan fingerprint density at radius 3 is 2.54 bits per heavy atom. The molecule has 1 aromatic heterocycles. The molecule has 0 radical (unpaired) electrons. The number of methoxy groups -OCH3 is 1. The molecule has 48 heavy (non-hydrogen) atoms. The molecular weight excluding hydrogens is 630 g/mol. The van der Waals surface area contributed by atoms with Crippen molar-refractivity contribution in [3.8, 4) is 22.6 Å². The average molecular weight is 666 g/mol. The summed E-state index contributed by atoms with van der Waals surface area (Å²) in [6, 6.07) is 9.87. The zero-order valence-electron chi connectivity index (χ0n) is 26.4. The summed E-state index contributed by atoms with van der Waals surface area (Å²) >= 11 is 0. The number of allylic oxidation sites excluding steroid dienone is 4. The normalized spacial score (nSPS) is 17.7. The Kier molecular flexibility index (Phi) is 9.39. The van der Waals surface area contributed by atoms with Crippen LogP contribution in [0.25, 0.3) is 22.0 Å². The number of aromatic nitrogens is 1. The molecule has 1 saturated heterocycles. The topological polar surface area (TPSA) is 94.0 Å². The maximum absolute atomic E-state index is 15.3. The maximum atomic E-state index is 15.3. The van der Waals surface area contributed by atoms with E-state index in [1.54, 1.807) is 19.4 Å². The van der Waals surface area contributed by atoms with Crippen LogP contribution in [0.5, 0.6) is 11.5 Å². The van der Waals surface area contributed by atoms with E-state index in [2.05, 4.69) is 16.5 Å². The van der Waals surface area contributed by atoms with Crippen molar-refractivity contribution in [2.24, 2.45) is 5.41 Å². The van der Waals surface area contributed by atoms with Crippen molar-refractivity contribution in [3.63, 3.8) is 0 Å². The van der Waals surface area contributed by atoms with E-state index in [-0.39, 0.29) is 35.5 Å². The van der Waals surface area contributed by atoms with Gasteiger partial charge in [-0.15, -0.1) is 0 Å². The van der Waals surface area contributed by atoms with E-state index in [4.69, 9.17) is 24.4 Å². The number of fused-ring (bicyclic) bond motifs is 1. The largest absolute Gasteiger partial charge is 0.493 e. The Morgan fingerprint density at radius 1 is 1.08 bits per heavy atom. The molecule has 8 nitrogen and oxygen atoms in total. The highest BCUT2D eigenvalue weighted by Crippen LogP contribution is 2.63.